The van der Waals surface area contributed by atoms with Gasteiger partial charge in [0.05, 0.1) is 10.9 Å². The van der Waals surface area contributed by atoms with Crippen LogP contribution in [0.25, 0.3) is 10.9 Å². The molecule has 5 nitrogen and oxygen atoms in total. The second kappa shape index (κ2) is 6.75. The molecule has 1 N–H and O–H groups in total. The molecule has 4 rings (SSSR count). The van der Waals surface area contributed by atoms with Crippen LogP contribution in [-0.2, 0) is 17.6 Å². The zero-order valence-corrected chi connectivity index (χ0v) is 14.8. The first-order valence-corrected chi connectivity index (χ1v) is 9.00. The van der Waals surface area contributed by atoms with Gasteiger partial charge in [0.25, 0.3) is 5.56 Å². The maximum atomic E-state index is 12.8. The van der Waals surface area contributed by atoms with Crippen molar-refractivity contribution in [2.45, 2.75) is 32.6 Å². The van der Waals surface area contributed by atoms with Crippen molar-refractivity contribution in [3.05, 3.63) is 69.8 Å². The van der Waals surface area contributed by atoms with Crippen molar-refractivity contribution >= 4 is 22.5 Å². The smallest absolute Gasteiger partial charge is 0.258 e. The third-order valence-corrected chi connectivity index (χ3v) is 4.96. The topological polar surface area (TPSA) is 66.1 Å². The molecule has 26 heavy (non-hydrogen) atoms. The van der Waals surface area contributed by atoms with E-state index in [1.54, 1.807) is 6.07 Å². The summed E-state index contributed by atoms with van der Waals surface area (Å²) in [5.41, 5.74) is 3.94. The first kappa shape index (κ1) is 16.5. The van der Waals surface area contributed by atoms with Gasteiger partial charge >= 0.3 is 0 Å². The number of carbonyl (C=O) groups is 1. The number of hydrogen-bond acceptors (Lipinski definition) is 3. The molecular formula is C21H21N3O2. The summed E-state index contributed by atoms with van der Waals surface area (Å²) in [7, 11) is 0. The highest BCUT2D eigenvalue weighted by molar-refractivity contribution is 5.95. The third-order valence-electron chi connectivity index (χ3n) is 4.96. The van der Waals surface area contributed by atoms with E-state index in [4.69, 9.17) is 0 Å². The Morgan fingerprint density at radius 3 is 2.92 bits per heavy atom. The van der Waals surface area contributed by atoms with Crippen LogP contribution < -0.4 is 10.5 Å². The van der Waals surface area contributed by atoms with Crippen LogP contribution in [0.3, 0.4) is 0 Å². The Kier molecular flexibility index (Phi) is 4.29. The van der Waals surface area contributed by atoms with Crippen molar-refractivity contribution in [1.29, 1.82) is 0 Å². The maximum Gasteiger partial charge on any atom is 0.258 e. The summed E-state index contributed by atoms with van der Waals surface area (Å²) in [4.78, 5) is 34.2. The number of H-pyrrole nitrogens is 1. The van der Waals surface area contributed by atoms with E-state index in [1.165, 1.54) is 5.56 Å². The SMILES string of the molecule is Cc1cccc2c1N(C(=O)CCc1nc3ccccc3c(=O)[nH]1)CCC2. The van der Waals surface area contributed by atoms with Crippen LogP contribution in [0, 0.1) is 6.92 Å². The molecule has 2 heterocycles. The van der Waals surface area contributed by atoms with Crippen LogP contribution >= 0.6 is 0 Å². The van der Waals surface area contributed by atoms with Crippen LogP contribution in [0.1, 0.15) is 29.8 Å². The molecule has 0 saturated carbocycles. The molecule has 2 aromatic carbocycles. The molecule has 3 aromatic rings. The number of hydrogen-bond donors (Lipinski definition) is 1. The highest BCUT2D eigenvalue weighted by Crippen LogP contribution is 2.31. The van der Waals surface area contributed by atoms with E-state index < -0.39 is 0 Å². The van der Waals surface area contributed by atoms with E-state index in [0.29, 0.717) is 29.6 Å². The zero-order valence-electron chi connectivity index (χ0n) is 14.8. The van der Waals surface area contributed by atoms with E-state index in [-0.39, 0.29) is 11.5 Å². The first-order chi connectivity index (χ1) is 12.6. The summed E-state index contributed by atoms with van der Waals surface area (Å²) in [5.74, 6) is 0.639. The molecule has 0 bridgehead atoms. The van der Waals surface area contributed by atoms with Crippen molar-refractivity contribution in [2.24, 2.45) is 0 Å². The number of aryl methyl sites for hydroxylation is 3. The third kappa shape index (κ3) is 3.01. The predicted octanol–water partition coefficient (Wildman–Crippen LogP) is 3.14. The average molecular weight is 347 g/mol. The van der Waals surface area contributed by atoms with Crippen LogP contribution in [-0.4, -0.2) is 22.4 Å². The molecule has 0 aliphatic carbocycles. The molecule has 0 unspecified atom stereocenters. The van der Waals surface area contributed by atoms with E-state index in [9.17, 15) is 9.59 Å². The van der Waals surface area contributed by atoms with Gasteiger partial charge in [-0.1, -0.05) is 30.3 Å². The van der Waals surface area contributed by atoms with Crippen molar-refractivity contribution in [3.8, 4) is 0 Å². The molecule has 0 saturated heterocycles. The normalized spacial score (nSPS) is 13.7. The van der Waals surface area contributed by atoms with Crippen LogP contribution in [0.5, 0.6) is 0 Å². The fourth-order valence-corrected chi connectivity index (χ4v) is 3.71. The number of aromatic amines is 1. The molecule has 0 fully saturated rings. The molecule has 1 amide bonds. The number of fused-ring (bicyclic) bond motifs is 2. The Bertz CT molecular complexity index is 1040. The summed E-state index contributed by atoms with van der Waals surface area (Å²) in [6, 6.07) is 13.4. The minimum atomic E-state index is -0.155. The monoisotopic (exact) mass is 347 g/mol. The van der Waals surface area contributed by atoms with E-state index >= 15 is 0 Å². The van der Waals surface area contributed by atoms with Gasteiger partial charge in [-0.25, -0.2) is 4.98 Å². The number of rotatable bonds is 3. The molecular weight excluding hydrogens is 326 g/mol. The minimum absolute atomic E-state index is 0.0797. The van der Waals surface area contributed by atoms with Crippen molar-refractivity contribution in [3.63, 3.8) is 0 Å². The number of nitrogens with zero attached hydrogens (tertiary/aromatic N) is 2. The summed E-state index contributed by atoms with van der Waals surface area (Å²) >= 11 is 0. The second-order valence-electron chi connectivity index (χ2n) is 6.76. The largest absolute Gasteiger partial charge is 0.312 e. The molecule has 1 aromatic heterocycles. The summed E-state index contributed by atoms with van der Waals surface area (Å²) in [6.07, 6.45) is 2.75. The van der Waals surface area contributed by atoms with Gasteiger partial charge in [-0.15, -0.1) is 0 Å². The number of aromatic nitrogens is 2. The fourth-order valence-electron chi connectivity index (χ4n) is 3.71. The average Bonchev–Trinajstić information content (AvgIpc) is 2.66. The number of benzene rings is 2. The Morgan fingerprint density at radius 1 is 1.19 bits per heavy atom. The standard InChI is InChI=1S/C21H21N3O2/c1-14-6-4-7-15-8-5-13-24(20(14)15)19(25)12-11-18-22-17-10-3-2-9-16(17)21(26)23-18/h2-4,6-7,9-10H,5,8,11-13H2,1H3,(H,22,23,26). The van der Waals surface area contributed by atoms with Gasteiger partial charge in [-0.2, -0.15) is 0 Å². The molecule has 5 heteroatoms. The van der Waals surface area contributed by atoms with E-state index in [1.807, 2.05) is 42.2 Å². The Hall–Kier alpha value is -2.95. The lowest BCUT2D eigenvalue weighted by atomic mass is 9.98. The lowest BCUT2D eigenvalue weighted by Crippen LogP contribution is -2.36. The molecule has 1 aliphatic heterocycles. The van der Waals surface area contributed by atoms with Gasteiger partial charge in [0, 0.05) is 25.1 Å². The Morgan fingerprint density at radius 2 is 2.04 bits per heavy atom. The number of amides is 1. The number of para-hydroxylation sites is 2. The summed E-state index contributed by atoms with van der Waals surface area (Å²) < 4.78 is 0. The minimum Gasteiger partial charge on any atom is -0.312 e. The predicted molar refractivity (Wildman–Crippen MR) is 103 cm³/mol. The lowest BCUT2D eigenvalue weighted by molar-refractivity contribution is -0.118. The number of carbonyl (C=O) groups excluding carboxylic acids is 1. The van der Waals surface area contributed by atoms with Gasteiger partial charge in [-0.05, 0) is 43.0 Å². The van der Waals surface area contributed by atoms with Gasteiger partial charge < -0.3 is 9.88 Å². The van der Waals surface area contributed by atoms with E-state index in [0.717, 1.165) is 30.6 Å². The molecule has 132 valence electrons. The molecule has 1 aliphatic rings. The fraction of sp³-hybridized carbons (Fsp3) is 0.286. The van der Waals surface area contributed by atoms with Crippen molar-refractivity contribution in [2.75, 3.05) is 11.4 Å². The molecule has 0 atom stereocenters. The van der Waals surface area contributed by atoms with E-state index in [2.05, 4.69) is 16.0 Å². The maximum absolute atomic E-state index is 12.8. The lowest BCUT2D eigenvalue weighted by Gasteiger charge is -2.31. The van der Waals surface area contributed by atoms with Gasteiger partial charge in [0.1, 0.15) is 5.82 Å². The first-order valence-electron chi connectivity index (χ1n) is 9.00. The van der Waals surface area contributed by atoms with Gasteiger partial charge in [0.2, 0.25) is 5.91 Å². The highest BCUT2D eigenvalue weighted by atomic mass is 16.2. The number of anilines is 1. The molecule has 0 spiro atoms. The Labute approximate surface area is 151 Å². The number of nitrogens with one attached hydrogen (secondary N) is 1. The zero-order chi connectivity index (χ0) is 18.1. The van der Waals surface area contributed by atoms with Crippen molar-refractivity contribution in [1.82, 2.24) is 9.97 Å². The Balaban J connectivity index is 1.55. The van der Waals surface area contributed by atoms with Crippen molar-refractivity contribution < 1.29 is 4.79 Å². The van der Waals surface area contributed by atoms with Gasteiger partial charge in [0.15, 0.2) is 0 Å². The van der Waals surface area contributed by atoms with Gasteiger partial charge in [-0.3, -0.25) is 9.59 Å². The second-order valence-corrected chi connectivity index (χ2v) is 6.76. The molecule has 0 radical (unpaired) electrons. The quantitative estimate of drug-likeness (QED) is 0.791. The summed E-state index contributed by atoms with van der Waals surface area (Å²) in [5, 5.41) is 0.572. The van der Waals surface area contributed by atoms with Crippen LogP contribution in [0.2, 0.25) is 0 Å². The van der Waals surface area contributed by atoms with Crippen LogP contribution in [0.15, 0.2) is 47.3 Å². The highest BCUT2D eigenvalue weighted by Gasteiger charge is 2.23. The van der Waals surface area contributed by atoms with Crippen LogP contribution in [0.4, 0.5) is 5.69 Å². The summed E-state index contributed by atoms with van der Waals surface area (Å²) in [6.45, 7) is 2.80.